The second-order valence-electron chi connectivity index (χ2n) is 12.0. The Morgan fingerprint density at radius 1 is 0.942 bits per heavy atom. The van der Waals surface area contributed by atoms with Crippen LogP contribution in [-0.2, 0) is 11.2 Å². The Labute approximate surface area is 300 Å². The zero-order valence-electron chi connectivity index (χ0n) is 28.9. The standard InChI is InChI=1S/C37H41F2N9O4/c1-48(2)30-15-13-28(14-16-30)45-44-27-11-9-25(10-12-27)36(50)42-19-17-24-20-31(38)35(32(39)21-24)52-23-34(49)33(8-3-4-18-40)43-37(51)26-6-5-7-29(22-26)46-47-41/h5-7,9-16,20-22,33,36,42,50H,3-4,8,17-19,23,40H2,1-2H3,(H,43,51)/t33-,36?/m0/s1. The summed E-state index contributed by atoms with van der Waals surface area (Å²) in [6.07, 6.45) is 0.471. The number of azo groups is 1. The lowest BCUT2D eigenvalue weighted by molar-refractivity contribution is -0.123. The number of carbonyl (C=O) groups is 2. The number of aliphatic hydroxyl groups is 1. The zero-order chi connectivity index (χ0) is 37.5. The van der Waals surface area contributed by atoms with Gasteiger partial charge in [-0.3, -0.25) is 14.9 Å². The Balaban J connectivity index is 1.29. The summed E-state index contributed by atoms with van der Waals surface area (Å²) in [5, 5.41) is 28.1. The number of carbonyl (C=O) groups excluding carboxylic acids is 2. The SMILES string of the molecule is CN(C)c1ccc(N=Nc2ccc(C(O)NCCc3cc(F)c(OCC(=O)[C@H](CCCCN)NC(=O)c4cccc(N=[N+]=[N-])c4)c(F)c3)cc2)cc1. The highest BCUT2D eigenvalue weighted by molar-refractivity contribution is 5.98. The molecule has 0 aromatic heterocycles. The first-order chi connectivity index (χ1) is 25.1. The second-order valence-corrected chi connectivity index (χ2v) is 12.0. The van der Waals surface area contributed by atoms with Crippen LogP contribution >= 0.6 is 0 Å². The molecule has 0 aliphatic rings. The van der Waals surface area contributed by atoms with Crippen LogP contribution in [0.2, 0.25) is 0 Å². The molecule has 0 spiro atoms. The Morgan fingerprint density at radius 2 is 1.60 bits per heavy atom. The van der Waals surface area contributed by atoms with Gasteiger partial charge in [-0.05, 0) is 110 Å². The predicted molar refractivity (Wildman–Crippen MR) is 194 cm³/mol. The van der Waals surface area contributed by atoms with E-state index >= 15 is 0 Å². The summed E-state index contributed by atoms with van der Waals surface area (Å²) in [4.78, 5) is 30.6. The largest absolute Gasteiger partial charge is 0.480 e. The van der Waals surface area contributed by atoms with E-state index in [0.717, 1.165) is 17.8 Å². The van der Waals surface area contributed by atoms with E-state index in [1.807, 2.05) is 43.3 Å². The van der Waals surface area contributed by atoms with Gasteiger partial charge in [0.25, 0.3) is 5.91 Å². The first-order valence-corrected chi connectivity index (χ1v) is 16.6. The molecule has 13 nitrogen and oxygen atoms in total. The van der Waals surface area contributed by atoms with Gasteiger partial charge < -0.3 is 25.8 Å². The number of ether oxygens (including phenoxy) is 1. The molecule has 0 aliphatic carbocycles. The topological polar surface area (TPSA) is 190 Å². The van der Waals surface area contributed by atoms with Crippen molar-refractivity contribution in [2.75, 3.05) is 38.7 Å². The molecular weight excluding hydrogens is 672 g/mol. The Hall–Kier alpha value is -5.73. The molecule has 4 aromatic rings. The molecule has 272 valence electrons. The van der Waals surface area contributed by atoms with Gasteiger partial charge in [0.1, 0.15) is 12.8 Å². The molecule has 4 rings (SSSR count). The van der Waals surface area contributed by atoms with Gasteiger partial charge >= 0.3 is 0 Å². The number of nitrogens with one attached hydrogen (secondary N) is 2. The van der Waals surface area contributed by atoms with Crippen LogP contribution in [0.15, 0.2) is 100 Å². The average molecular weight is 714 g/mol. The average Bonchev–Trinajstić information content (AvgIpc) is 3.13. The highest BCUT2D eigenvalue weighted by Gasteiger charge is 2.23. The highest BCUT2D eigenvalue weighted by Crippen LogP contribution is 2.25. The summed E-state index contributed by atoms with van der Waals surface area (Å²) in [7, 11) is 3.91. The smallest absolute Gasteiger partial charge is 0.251 e. The molecule has 52 heavy (non-hydrogen) atoms. The molecular formula is C37H41F2N9O4. The van der Waals surface area contributed by atoms with Gasteiger partial charge in [-0.1, -0.05) is 29.4 Å². The number of rotatable bonds is 19. The van der Waals surface area contributed by atoms with Crippen LogP contribution in [0, 0.1) is 11.6 Å². The molecule has 1 unspecified atom stereocenters. The maximum atomic E-state index is 15.0. The van der Waals surface area contributed by atoms with Crippen molar-refractivity contribution in [3.05, 3.63) is 124 Å². The number of anilines is 1. The Kier molecular flexibility index (Phi) is 14.7. The van der Waals surface area contributed by atoms with Gasteiger partial charge in [0.05, 0.1) is 17.4 Å². The van der Waals surface area contributed by atoms with Gasteiger partial charge in [0.15, 0.2) is 23.2 Å². The van der Waals surface area contributed by atoms with Gasteiger partial charge in [-0.15, -0.1) is 0 Å². The summed E-state index contributed by atoms with van der Waals surface area (Å²) in [5.41, 5.74) is 17.9. The number of ketones is 1. The number of halogens is 2. The minimum absolute atomic E-state index is 0.163. The molecule has 0 saturated carbocycles. The van der Waals surface area contributed by atoms with Gasteiger partial charge in [-0.25, -0.2) is 8.78 Å². The van der Waals surface area contributed by atoms with Crippen molar-refractivity contribution < 1.29 is 28.2 Å². The van der Waals surface area contributed by atoms with Gasteiger partial charge in [0, 0.05) is 42.5 Å². The number of aliphatic hydroxyl groups excluding tert-OH is 1. The van der Waals surface area contributed by atoms with E-state index < -0.39 is 48.0 Å². The minimum atomic E-state index is -1.04. The number of hydrogen-bond acceptors (Lipinski definition) is 10. The molecule has 0 bridgehead atoms. The third kappa shape index (κ3) is 11.7. The molecule has 0 heterocycles. The van der Waals surface area contributed by atoms with Crippen LogP contribution < -0.4 is 26.0 Å². The summed E-state index contributed by atoms with van der Waals surface area (Å²) < 4.78 is 35.2. The van der Waals surface area contributed by atoms with Crippen molar-refractivity contribution in [1.29, 1.82) is 0 Å². The fourth-order valence-corrected chi connectivity index (χ4v) is 5.07. The summed E-state index contributed by atoms with van der Waals surface area (Å²) in [6, 6.07) is 21.5. The number of nitrogens with zero attached hydrogens (tertiary/aromatic N) is 6. The molecule has 2 atom stereocenters. The van der Waals surface area contributed by atoms with Crippen LogP contribution in [0.5, 0.6) is 5.75 Å². The van der Waals surface area contributed by atoms with E-state index in [2.05, 4.69) is 30.9 Å². The van der Waals surface area contributed by atoms with Crippen molar-refractivity contribution >= 4 is 34.4 Å². The predicted octanol–water partition coefficient (Wildman–Crippen LogP) is 7.09. The number of nitrogens with two attached hydrogens (primary N) is 1. The highest BCUT2D eigenvalue weighted by atomic mass is 19.1. The van der Waals surface area contributed by atoms with Crippen molar-refractivity contribution in [1.82, 2.24) is 10.6 Å². The maximum absolute atomic E-state index is 15.0. The third-order valence-electron chi connectivity index (χ3n) is 7.93. The zero-order valence-corrected chi connectivity index (χ0v) is 28.9. The Bertz CT molecular complexity index is 1860. The number of hydrogen-bond donors (Lipinski definition) is 4. The minimum Gasteiger partial charge on any atom is -0.480 e. The fraction of sp³-hybridized carbons (Fsp3) is 0.297. The van der Waals surface area contributed by atoms with E-state index in [9.17, 15) is 23.5 Å². The number of amides is 1. The van der Waals surface area contributed by atoms with Crippen LogP contribution in [0.3, 0.4) is 0 Å². The Morgan fingerprint density at radius 3 is 2.21 bits per heavy atom. The summed E-state index contributed by atoms with van der Waals surface area (Å²) in [6.45, 7) is -0.123. The van der Waals surface area contributed by atoms with Crippen molar-refractivity contribution in [2.24, 2.45) is 21.1 Å². The van der Waals surface area contributed by atoms with E-state index in [-0.39, 0.29) is 30.6 Å². The first kappa shape index (κ1) is 39.1. The molecule has 0 fully saturated rings. The molecule has 1 amide bonds. The molecule has 15 heteroatoms. The normalized spacial score (nSPS) is 12.2. The second kappa shape index (κ2) is 19.6. The van der Waals surface area contributed by atoms with Crippen molar-refractivity contribution in [2.45, 2.75) is 38.0 Å². The fourth-order valence-electron chi connectivity index (χ4n) is 5.07. The monoisotopic (exact) mass is 713 g/mol. The van der Waals surface area contributed by atoms with E-state index in [4.69, 9.17) is 16.0 Å². The summed E-state index contributed by atoms with van der Waals surface area (Å²) >= 11 is 0. The van der Waals surface area contributed by atoms with Gasteiger partial charge in [0.2, 0.25) is 0 Å². The van der Waals surface area contributed by atoms with E-state index in [1.54, 1.807) is 24.3 Å². The first-order valence-electron chi connectivity index (χ1n) is 16.6. The number of azide groups is 1. The third-order valence-corrected chi connectivity index (χ3v) is 7.93. The maximum Gasteiger partial charge on any atom is 0.251 e. The van der Waals surface area contributed by atoms with Crippen LogP contribution in [-0.4, -0.2) is 56.6 Å². The number of benzene rings is 4. The molecule has 0 aliphatic heterocycles. The molecule has 4 aromatic carbocycles. The molecule has 0 saturated heterocycles. The van der Waals surface area contributed by atoms with Crippen LogP contribution in [0.25, 0.3) is 10.4 Å². The van der Waals surface area contributed by atoms with Crippen LogP contribution in [0.1, 0.15) is 47.0 Å². The summed E-state index contributed by atoms with van der Waals surface area (Å²) in [5.74, 6) is -3.91. The number of Topliss-reactive ketones (excluding diaryl/α,β-unsaturated/α-hetero) is 1. The lowest BCUT2D eigenvalue weighted by atomic mass is 10.0. The van der Waals surface area contributed by atoms with Crippen molar-refractivity contribution in [3.63, 3.8) is 0 Å². The van der Waals surface area contributed by atoms with E-state index in [1.165, 1.54) is 24.3 Å². The van der Waals surface area contributed by atoms with Crippen molar-refractivity contribution in [3.8, 4) is 5.75 Å². The molecule has 5 N–H and O–H groups in total. The molecule has 0 radical (unpaired) electrons. The van der Waals surface area contributed by atoms with Gasteiger partial charge in [-0.2, -0.15) is 10.2 Å². The van der Waals surface area contributed by atoms with E-state index in [0.29, 0.717) is 41.9 Å². The van der Waals surface area contributed by atoms with Crippen LogP contribution in [0.4, 0.5) is 31.5 Å². The lowest BCUT2D eigenvalue weighted by Crippen LogP contribution is -2.43. The lowest BCUT2D eigenvalue weighted by Gasteiger charge is -2.19. The quantitative estimate of drug-likeness (QED) is 0.0262. The number of unbranched alkanes of at least 4 members (excludes halogenated alkanes) is 1.